The molecule has 1 heterocycles. The van der Waals surface area contributed by atoms with Crippen molar-refractivity contribution < 1.29 is 9.59 Å². The van der Waals surface area contributed by atoms with Crippen LogP contribution in [0.5, 0.6) is 0 Å². The van der Waals surface area contributed by atoms with E-state index >= 15 is 0 Å². The highest BCUT2D eigenvalue weighted by atomic mass is 32.1. The van der Waals surface area contributed by atoms with Gasteiger partial charge in [0.15, 0.2) is 0 Å². The van der Waals surface area contributed by atoms with Gasteiger partial charge in [0.1, 0.15) is 0 Å². The van der Waals surface area contributed by atoms with E-state index in [0.717, 1.165) is 31.2 Å². The van der Waals surface area contributed by atoms with E-state index in [1.54, 1.807) is 11.3 Å². The van der Waals surface area contributed by atoms with Crippen molar-refractivity contribution in [2.24, 2.45) is 11.8 Å². The lowest BCUT2D eigenvalue weighted by atomic mass is 9.84. The summed E-state index contributed by atoms with van der Waals surface area (Å²) in [6.07, 6.45) is 4.06. The van der Waals surface area contributed by atoms with Crippen molar-refractivity contribution in [1.29, 1.82) is 0 Å². The Balaban J connectivity index is 1.75. The summed E-state index contributed by atoms with van der Waals surface area (Å²) in [5.41, 5.74) is 1.11. The van der Waals surface area contributed by atoms with E-state index in [9.17, 15) is 9.59 Å². The highest BCUT2D eigenvalue weighted by molar-refractivity contribution is 7.11. The van der Waals surface area contributed by atoms with Gasteiger partial charge in [-0.15, -0.1) is 11.3 Å². The van der Waals surface area contributed by atoms with Crippen molar-refractivity contribution in [1.82, 2.24) is 9.80 Å². The first kappa shape index (κ1) is 22.5. The summed E-state index contributed by atoms with van der Waals surface area (Å²) >= 11 is 1.73. The van der Waals surface area contributed by atoms with Gasteiger partial charge in [-0.1, -0.05) is 57.0 Å². The Morgan fingerprint density at radius 2 is 1.80 bits per heavy atom. The monoisotopic (exact) mass is 426 g/mol. The minimum absolute atomic E-state index is 0.0286. The van der Waals surface area contributed by atoms with Crippen LogP contribution >= 0.6 is 11.3 Å². The van der Waals surface area contributed by atoms with E-state index in [1.165, 1.54) is 9.75 Å². The SMILES string of the molecule is CC[C@@H](C)CN(CC(=O)N(Cc1ccccc1)Cc1ccc(C)s1)C(=O)C1CCC1. The van der Waals surface area contributed by atoms with E-state index in [0.29, 0.717) is 25.6 Å². The van der Waals surface area contributed by atoms with Crippen molar-refractivity contribution >= 4 is 23.2 Å². The third kappa shape index (κ3) is 6.18. The fraction of sp³-hybridized carbons (Fsp3) is 0.520. The Labute approximate surface area is 184 Å². The molecule has 2 aromatic rings. The molecule has 0 bridgehead atoms. The van der Waals surface area contributed by atoms with E-state index in [4.69, 9.17) is 0 Å². The standard InChI is InChI=1S/C25H34N2O2S/c1-4-19(2)15-27(25(29)22-11-8-12-22)18-24(28)26(16-21-9-6-5-7-10-21)17-23-14-13-20(3)30-23/h5-7,9-10,13-14,19,22H,4,8,11-12,15-18H2,1-3H3/t19-/m1/s1. The molecular weight excluding hydrogens is 392 g/mol. The van der Waals surface area contributed by atoms with E-state index in [1.807, 2.05) is 28.0 Å². The van der Waals surface area contributed by atoms with Crippen LogP contribution in [0.4, 0.5) is 0 Å². The predicted molar refractivity (Wildman–Crippen MR) is 123 cm³/mol. The minimum atomic E-state index is 0.0286. The maximum absolute atomic E-state index is 13.4. The Morgan fingerprint density at radius 3 is 2.37 bits per heavy atom. The average Bonchev–Trinajstić information content (AvgIpc) is 3.10. The van der Waals surface area contributed by atoms with Crippen LogP contribution in [0.2, 0.25) is 0 Å². The van der Waals surface area contributed by atoms with Crippen LogP contribution < -0.4 is 0 Å². The number of aryl methyl sites for hydroxylation is 1. The summed E-state index contributed by atoms with van der Waals surface area (Å²) in [7, 11) is 0. The van der Waals surface area contributed by atoms with Crippen LogP contribution in [0.1, 0.15) is 54.8 Å². The molecule has 1 atom stereocenters. The molecule has 2 amide bonds. The van der Waals surface area contributed by atoms with E-state index in [-0.39, 0.29) is 24.3 Å². The summed E-state index contributed by atoms with van der Waals surface area (Å²) < 4.78 is 0. The van der Waals surface area contributed by atoms with Crippen LogP contribution in [-0.4, -0.2) is 34.7 Å². The molecule has 0 unspecified atom stereocenters. The van der Waals surface area contributed by atoms with Crippen molar-refractivity contribution in [2.75, 3.05) is 13.1 Å². The molecule has 1 aliphatic rings. The lowest BCUT2D eigenvalue weighted by Crippen LogP contribution is -2.47. The Morgan fingerprint density at radius 1 is 1.07 bits per heavy atom. The van der Waals surface area contributed by atoms with Gasteiger partial charge in [-0.3, -0.25) is 9.59 Å². The highest BCUT2D eigenvalue weighted by Crippen LogP contribution is 2.29. The minimum Gasteiger partial charge on any atom is -0.333 e. The van der Waals surface area contributed by atoms with Crippen LogP contribution in [-0.2, 0) is 22.7 Å². The number of carbonyl (C=O) groups excluding carboxylic acids is 2. The topological polar surface area (TPSA) is 40.6 Å². The van der Waals surface area contributed by atoms with E-state index < -0.39 is 0 Å². The van der Waals surface area contributed by atoms with Crippen molar-refractivity contribution in [3.05, 3.63) is 57.8 Å². The Kier molecular flexibility index (Phi) is 8.08. The summed E-state index contributed by atoms with van der Waals surface area (Å²) in [4.78, 5) is 32.6. The summed E-state index contributed by atoms with van der Waals surface area (Å²) in [6.45, 7) is 8.36. The van der Waals surface area contributed by atoms with Crippen LogP contribution in [0.3, 0.4) is 0 Å². The van der Waals surface area contributed by atoms with Crippen LogP contribution in [0, 0.1) is 18.8 Å². The summed E-state index contributed by atoms with van der Waals surface area (Å²) in [5, 5.41) is 0. The van der Waals surface area contributed by atoms with Gasteiger partial charge in [-0.2, -0.15) is 0 Å². The van der Waals surface area contributed by atoms with Gasteiger partial charge in [0.25, 0.3) is 0 Å². The fourth-order valence-electron chi connectivity index (χ4n) is 3.71. The molecule has 0 aliphatic heterocycles. The maximum atomic E-state index is 13.4. The van der Waals surface area contributed by atoms with Crippen molar-refractivity contribution in [3.8, 4) is 0 Å². The molecule has 1 aliphatic carbocycles. The van der Waals surface area contributed by atoms with Crippen molar-refractivity contribution in [3.63, 3.8) is 0 Å². The molecule has 4 nitrogen and oxygen atoms in total. The van der Waals surface area contributed by atoms with Gasteiger partial charge in [0, 0.05) is 28.8 Å². The second kappa shape index (κ2) is 10.8. The zero-order chi connectivity index (χ0) is 21.5. The first-order valence-corrected chi connectivity index (χ1v) is 11.9. The number of benzene rings is 1. The Bertz CT molecular complexity index is 829. The molecule has 0 N–H and O–H groups in total. The maximum Gasteiger partial charge on any atom is 0.242 e. The average molecular weight is 427 g/mol. The second-order valence-electron chi connectivity index (χ2n) is 8.61. The normalized spacial score (nSPS) is 14.8. The molecule has 0 radical (unpaired) electrons. The smallest absolute Gasteiger partial charge is 0.242 e. The molecule has 1 saturated carbocycles. The van der Waals surface area contributed by atoms with Crippen LogP contribution in [0.15, 0.2) is 42.5 Å². The highest BCUT2D eigenvalue weighted by Gasteiger charge is 2.31. The van der Waals surface area contributed by atoms with E-state index in [2.05, 4.69) is 45.0 Å². The molecule has 1 aromatic heterocycles. The summed E-state index contributed by atoms with van der Waals surface area (Å²) in [5.74, 6) is 0.705. The molecular formula is C25H34N2O2S. The van der Waals surface area contributed by atoms with Crippen LogP contribution in [0.25, 0.3) is 0 Å². The first-order chi connectivity index (χ1) is 14.5. The third-order valence-corrected chi connectivity index (χ3v) is 7.02. The largest absolute Gasteiger partial charge is 0.333 e. The van der Waals surface area contributed by atoms with Gasteiger partial charge in [-0.05, 0) is 43.4 Å². The number of nitrogens with zero attached hydrogens (tertiary/aromatic N) is 2. The second-order valence-corrected chi connectivity index (χ2v) is 9.98. The number of carbonyl (C=O) groups is 2. The Hall–Kier alpha value is -2.14. The number of thiophene rings is 1. The fourth-order valence-corrected chi connectivity index (χ4v) is 4.61. The van der Waals surface area contributed by atoms with Gasteiger partial charge >= 0.3 is 0 Å². The first-order valence-electron chi connectivity index (χ1n) is 11.1. The molecule has 0 spiro atoms. The van der Waals surface area contributed by atoms with Crippen molar-refractivity contribution in [2.45, 2.75) is 59.5 Å². The predicted octanol–water partition coefficient (Wildman–Crippen LogP) is 5.26. The number of hydrogen-bond acceptors (Lipinski definition) is 3. The van der Waals surface area contributed by atoms with Gasteiger partial charge in [-0.25, -0.2) is 0 Å². The number of hydrogen-bond donors (Lipinski definition) is 0. The van der Waals surface area contributed by atoms with Gasteiger partial charge < -0.3 is 9.80 Å². The molecule has 3 rings (SSSR count). The van der Waals surface area contributed by atoms with Gasteiger partial charge in [0.05, 0.1) is 13.1 Å². The molecule has 5 heteroatoms. The zero-order valence-electron chi connectivity index (χ0n) is 18.5. The third-order valence-electron chi connectivity index (χ3n) is 6.03. The molecule has 162 valence electrons. The molecule has 1 aromatic carbocycles. The molecule has 1 fully saturated rings. The number of rotatable bonds is 10. The summed E-state index contributed by atoms with van der Waals surface area (Å²) in [6, 6.07) is 14.3. The molecule has 0 saturated heterocycles. The lowest BCUT2D eigenvalue weighted by Gasteiger charge is -2.34. The van der Waals surface area contributed by atoms with Gasteiger partial charge in [0.2, 0.25) is 11.8 Å². The lowest BCUT2D eigenvalue weighted by molar-refractivity contribution is -0.145. The molecule has 30 heavy (non-hydrogen) atoms. The quantitative estimate of drug-likeness (QED) is 0.520. The number of amides is 2. The zero-order valence-corrected chi connectivity index (χ0v) is 19.3.